The maximum absolute atomic E-state index is 13.4. The molecule has 8 nitrogen and oxygen atoms in total. The third-order valence-electron chi connectivity index (χ3n) is 9.65. The molecule has 226 valence electrons. The van der Waals surface area contributed by atoms with Crippen LogP contribution in [0.15, 0.2) is 76.5 Å². The van der Waals surface area contributed by atoms with Crippen LogP contribution in [0.25, 0.3) is 11.0 Å². The Kier molecular flexibility index (Phi) is 9.24. The number of amides is 1. The molecule has 9 heteroatoms. The summed E-state index contributed by atoms with van der Waals surface area (Å²) in [5.41, 5.74) is 1.55. The van der Waals surface area contributed by atoms with Crippen LogP contribution in [0.5, 0.6) is 0 Å². The summed E-state index contributed by atoms with van der Waals surface area (Å²) in [6, 6.07) is 15.9. The van der Waals surface area contributed by atoms with Crippen LogP contribution >= 0.6 is 11.6 Å². The van der Waals surface area contributed by atoms with Gasteiger partial charge in [0, 0.05) is 30.2 Å². The van der Waals surface area contributed by atoms with E-state index in [1.165, 1.54) is 38.2 Å². The molecular weight excluding hydrogens is 562 g/mol. The highest BCUT2D eigenvalue weighted by Gasteiger charge is 2.42. The number of para-hydroxylation sites is 1. The van der Waals surface area contributed by atoms with Gasteiger partial charge in [0.05, 0.1) is 5.39 Å². The highest BCUT2D eigenvalue weighted by molar-refractivity contribution is 6.30. The van der Waals surface area contributed by atoms with Crippen molar-refractivity contribution in [3.05, 3.63) is 93.8 Å². The Morgan fingerprint density at radius 3 is 2.58 bits per heavy atom. The molecule has 2 aliphatic rings. The largest absolute Gasteiger partial charge is 0.451 e. The van der Waals surface area contributed by atoms with Crippen LogP contribution in [0.3, 0.4) is 0 Å². The summed E-state index contributed by atoms with van der Waals surface area (Å²) in [7, 11) is 0. The highest BCUT2D eigenvalue weighted by Crippen LogP contribution is 2.47. The number of carbonyl (C=O) groups excluding carboxylic acids is 1. The highest BCUT2D eigenvalue weighted by atomic mass is 35.5. The topological polar surface area (TPSA) is 93.3 Å². The van der Waals surface area contributed by atoms with Crippen molar-refractivity contribution >= 4 is 28.5 Å². The number of nitrogens with zero attached hydrogens (tertiary/aromatic N) is 4. The van der Waals surface area contributed by atoms with Gasteiger partial charge in [0.1, 0.15) is 18.2 Å². The summed E-state index contributed by atoms with van der Waals surface area (Å²) in [6.45, 7) is 3.89. The van der Waals surface area contributed by atoms with Gasteiger partial charge < -0.3 is 14.6 Å². The van der Waals surface area contributed by atoms with Crippen molar-refractivity contribution in [1.29, 1.82) is 0 Å². The molecule has 0 spiro atoms. The lowest BCUT2D eigenvalue weighted by atomic mass is 9.63. The Labute approximate surface area is 257 Å². The minimum absolute atomic E-state index is 0.0353. The molecule has 0 bridgehead atoms. The zero-order valence-corrected chi connectivity index (χ0v) is 25.3. The molecule has 6 rings (SSSR count). The standard InChI is InChI=1S/C34H40ClN5O3/c35-27-12-10-25(11-13-27)20-28(38-33(42)32-21-30(41)29-8-4-5-9-31(29)43-32)14-17-39-18-15-34(16-19-39,22-40-24-36-23-37-40)26-6-2-1-3-7-26/h4-5,8-13,21,23-24,26,28H,1-3,6-7,14-20,22H2,(H,38,42)/t28-/m0/s1. The summed E-state index contributed by atoms with van der Waals surface area (Å²) in [4.78, 5) is 32.8. The van der Waals surface area contributed by atoms with Crippen molar-refractivity contribution in [3.8, 4) is 0 Å². The molecule has 1 N–H and O–H groups in total. The van der Waals surface area contributed by atoms with Crippen LogP contribution in [0.1, 0.15) is 67.5 Å². The van der Waals surface area contributed by atoms with E-state index in [1.807, 2.05) is 35.3 Å². The first-order valence-electron chi connectivity index (χ1n) is 15.6. The van der Waals surface area contributed by atoms with E-state index in [4.69, 9.17) is 16.0 Å². The number of fused-ring (bicyclic) bond motifs is 1. The van der Waals surface area contributed by atoms with E-state index in [0.29, 0.717) is 22.4 Å². The normalized spacial score (nSPS) is 18.4. The third kappa shape index (κ3) is 7.19. The average molecular weight is 602 g/mol. The van der Waals surface area contributed by atoms with E-state index < -0.39 is 0 Å². The number of hydrogen-bond donors (Lipinski definition) is 1. The number of hydrogen-bond acceptors (Lipinski definition) is 6. The van der Waals surface area contributed by atoms with Gasteiger partial charge >= 0.3 is 0 Å². The number of carbonyl (C=O) groups is 1. The number of nitrogens with one attached hydrogen (secondary N) is 1. The monoisotopic (exact) mass is 601 g/mol. The maximum Gasteiger partial charge on any atom is 0.287 e. The van der Waals surface area contributed by atoms with Gasteiger partial charge in [-0.15, -0.1) is 0 Å². The molecule has 0 radical (unpaired) electrons. The van der Waals surface area contributed by atoms with Crippen molar-refractivity contribution < 1.29 is 9.21 Å². The lowest BCUT2D eigenvalue weighted by Gasteiger charge is -2.48. The molecule has 2 aromatic carbocycles. The molecule has 2 fully saturated rings. The molecule has 0 unspecified atom stereocenters. The van der Waals surface area contributed by atoms with Crippen molar-refractivity contribution in [2.45, 2.75) is 70.4 Å². The zero-order chi connectivity index (χ0) is 29.6. The summed E-state index contributed by atoms with van der Waals surface area (Å²) >= 11 is 6.13. The lowest BCUT2D eigenvalue weighted by molar-refractivity contribution is 0.0104. The quantitative estimate of drug-likeness (QED) is 0.235. The van der Waals surface area contributed by atoms with E-state index >= 15 is 0 Å². The van der Waals surface area contributed by atoms with Gasteiger partial charge in [0.2, 0.25) is 0 Å². The van der Waals surface area contributed by atoms with Crippen molar-refractivity contribution in [1.82, 2.24) is 25.0 Å². The summed E-state index contributed by atoms with van der Waals surface area (Å²) in [6.07, 6.45) is 13.9. The molecule has 1 amide bonds. The molecular formula is C34H40ClN5O3. The van der Waals surface area contributed by atoms with E-state index in [2.05, 4.69) is 20.3 Å². The molecule has 4 aromatic rings. The molecule has 43 heavy (non-hydrogen) atoms. The minimum atomic E-state index is -0.371. The predicted molar refractivity (Wildman–Crippen MR) is 168 cm³/mol. The molecule has 2 aromatic heterocycles. The number of halogens is 1. The second-order valence-corrected chi connectivity index (χ2v) is 12.8. The predicted octanol–water partition coefficient (Wildman–Crippen LogP) is 6.13. The number of likely N-dealkylation sites (tertiary alicyclic amines) is 1. The first kappa shape index (κ1) is 29.6. The van der Waals surface area contributed by atoms with Gasteiger partial charge in [0.15, 0.2) is 11.2 Å². The van der Waals surface area contributed by atoms with Gasteiger partial charge in [-0.25, -0.2) is 4.98 Å². The number of piperidine rings is 1. The van der Waals surface area contributed by atoms with Crippen molar-refractivity contribution in [3.63, 3.8) is 0 Å². The molecule has 1 atom stereocenters. The van der Waals surface area contributed by atoms with Crippen LogP contribution < -0.4 is 10.7 Å². The van der Waals surface area contributed by atoms with Gasteiger partial charge in [-0.05, 0) is 92.8 Å². The van der Waals surface area contributed by atoms with E-state index in [1.54, 1.807) is 30.6 Å². The fourth-order valence-corrected chi connectivity index (χ4v) is 7.34. The molecule has 1 aliphatic heterocycles. The van der Waals surface area contributed by atoms with Gasteiger partial charge in [-0.3, -0.25) is 14.3 Å². The SMILES string of the molecule is O=C(N[C@@H](CCN1CCC(Cn2cncn2)(C2CCCCC2)CC1)Cc1ccc(Cl)cc1)c1cc(=O)c2ccccc2o1. The van der Waals surface area contributed by atoms with Crippen molar-refractivity contribution in [2.24, 2.45) is 11.3 Å². The average Bonchev–Trinajstić information content (AvgIpc) is 3.55. The Balaban J connectivity index is 1.13. The first-order valence-corrected chi connectivity index (χ1v) is 16.0. The van der Waals surface area contributed by atoms with Crippen LogP contribution in [0.4, 0.5) is 0 Å². The summed E-state index contributed by atoms with van der Waals surface area (Å²) in [5, 5.41) is 8.79. The Bertz CT molecular complexity index is 1560. The smallest absolute Gasteiger partial charge is 0.287 e. The van der Waals surface area contributed by atoms with Crippen LogP contribution in [0.2, 0.25) is 5.02 Å². The maximum atomic E-state index is 13.4. The number of benzene rings is 2. The van der Waals surface area contributed by atoms with E-state index in [9.17, 15) is 9.59 Å². The van der Waals surface area contributed by atoms with Crippen LogP contribution in [0, 0.1) is 11.3 Å². The first-order chi connectivity index (χ1) is 21.0. The molecule has 1 aliphatic carbocycles. The van der Waals surface area contributed by atoms with Gasteiger partial charge in [0.25, 0.3) is 5.91 Å². The Morgan fingerprint density at radius 1 is 1.07 bits per heavy atom. The third-order valence-corrected chi connectivity index (χ3v) is 9.90. The Hall–Kier alpha value is -3.49. The van der Waals surface area contributed by atoms with Gasteiger partial charge in [-0.2, -0.15) is 5.10 Å². The fourth-order valence-electron chi connectivity index (χ4n) is 7.21. The zero-order valence-electron chi connectivity index (χ0n) is 24.6. The summed E-state index contributed by atoms with van der Waals surface area (Å²) in [5.74, 6) is 0.402. The summed E-state index contributed by atoms with van der Waals surface area (Å²) < 4.78 is 7.87. The van der Waals surface area contributed by atoms with E-state index in [-0.39, 0.29) is 28.6 Å². The minimum Gasteiger partial charge on any atom is -0.451 e. The second-order valence-electron chi connectivity index (χ2n) is 12.4. The lowest BCUT2D eigenvalue weighted by Crippen LogP contribution is -2.48. The van der Waals surface area contributed by atoms with Gasteiger partial charge in [-0.1, -0.05) is 55.1 Å². The number of aromatic nitrogens is 3. The molecule has 1 saturated carbocycles. The Morgan fingerprint density at radius 2 is 1.84 bits per heavy atom. The second kappa shape index (κ2) is 13.4. The van der Waals surface area contributed by atoms with Crippen LogP contribution in [-0.2, 0) is 13.0 Å². The van der Waals surface area contributed by atoms with Crippen LogP contribution in [-0.4, -0.2) is 51.2 Å². The number of rotatable bonds is 10. The van der Waals surface area contributed by atoms with Crippen molar-refractivity contribution in [2.75, 3.05) is 19.6 Å². The van der Waals surface area contributed by atoms with E-state index in [0.717, 1.165) is 56.9 Å². The fraction of sp³-hybridized carbons (Fsp3) is 0.471. The molecule has 3 heterocycles. The molecule has 1 saturated heterocycles.